The molecule has 9 nitrogen and oxygen atoms in total. The van der Waals surface area contributed by atoms with E-state index in [2.05, 4.69) is 42.3 Å². The molecule has 10 heteroatoms. The lowest BCUT2D eigenvalue weighted by Crippen LogP contribution is -2.46. The maximum atomic E-state index is 13.9. The Bertz CT molecular complexity index is 1450. The Morgan fingerprint density at radius 1 is 0.975 bits per heavy atom. The zero-order chi connectivity index (χ0) is 27.9. The van der Waals surface area contributed by atoms with Crippen LogP contribution in [0, 0.1) is 12.7 Å². The molecule has 208 valence electrons. The molecule has 1 aliphatic heterocycles. The van der Waals surface area contributed by atoms with Crippen molar-refractivity contribution in [3.05, 3.63) is 89.6 Å². The molecule has 0 radical (unpaired) electrons. The van der Waals surface area contributed by atoms with Crippen LogP contribution < -0.4 is 19.7 Å². The molecule has 1 saturated heterocycles. The topological polar surface area (TPSA) is 80.6 Å². The molecule has 1 fully saturated rings. The third-order valence-electron chi connectivity index (χ3n) is 7.01. The number of ether oxygens (including phenoxy) is 2. The van der Waals surface area contributed by atoms with E-state index in [1.807, 2.05) is 54.2 Å². The van der Waals surface area contributed by atoms with E-state index in [9.17, 15) is 4.39 Å². The lowest BCUT2D eigenvalue weighted by Gasteiger charge is -2.35. The SMILES string of the molecule is COc1ccc(CNc2nccc(-n3ncc(/C=C/CN4CCN(c5cc(F)cc(OC)c5)CC4)c3C)n2)cc1. The van der Waals surface area contributed by atoms with Crippen molar-refractivity contribution in [3.63, 3.8) is 0 Å². The minimum Gasteiger partial charge on any atom is -0.497 e. The van der Waals surface area contributed by atoms with Gasteiger partial charge < -0.3 is 19.7 Å². The molecule has 2 aromatic heterocycles. The van der Waals surface area contributed by atoms with E-state index in [0.29, 0.717) is 24.1 Å². The first kappa shape index (κ1) is 27.1. The first-order valence-electron chi connectivity index (χ1n) is 13.3. The van der Waals surface area contributed by atoms with E-state index >= 15 is 0 Å². The summed E-state index contributed by atoms with van der Waals surface area (Å²) in [6.07, 6.45) is 7.85. The Labute approximate surface area is 233 Å². The summed E-state index contributed by atoms with van der Waals surface area (Å²) in [5.74, 6) is 2.33. The molecule has 2 aromatic carbocycles. The van der Waals surface area contributed by atoms with Crippen LogP contribution in [0.1, 0.15) is 16.8 Å². The Morgan fingerprint density at radius 3 is 2.50 bits per heavy atom. The summed E-state index contributed by atoms with van der Waals surface area (Å²) in [4.78, 5) is 13.6. The van der Waals surface area contributed by atoms with Gasteiger partial charge in [-0.2, -0.15) is 10.1 Å². The predicted molar refractivity (Wildman–Crippen MR) is 155 cm³/mol. The minimum atomic E-state index is -0.279. The van der Waals surface area contributed by atoms with Crippen LogP contribution in [0.3, 0.4) is 0 Å². The Morgan fingerprint density at radius 2 is 1.75 bits per heavy atom. The number of piperazine rings is 1. The van der Waals surface area contributed by atoms with Gasteiger partial charge in [-0.15, -0.1) is 0 Å². The van der Waals surface area contributed by atoms with Crippen molar-refractivity contribution in [3.8, 4) is 17.3 Å². The molecule has 0 amide bonds. The zero-order valence-corrected chi connectivity index (χ0v) is 23.0. The van der Waals surface area contributed by atoms with E-state index < -0.39 is 0 Å². The molecular formula is C30H34FN7O2. The van der Waals surface area contributed by atoms with E-state index in [-0.39, 0.29) is 5.82 Å². The molecule has 0 unspecified atom stereocenters. The van der Waals surface area contributed by atoms with E-state index in [1.54, 1.807) is 26.5 Å². The number of aromatic nitrogens is 4. The number of nitrogens with one attached hydrogen (secondary N) is 1. The Hall–Kier alpha value is -4.44. The molecule has 4 aromatic rings. The van der Waals surface area contributed by atoms with Crippen molar-refractivity contribution in [2.75, 3.05) is 57.2 Å². The fourth-order valence-electron chi connectivity index (χ4n) is 4.66. The second kappa shape index (κ2) is 12.6. The van der Waals surface area contributed by atoms with Gasteiger partial charge in [0.25, 0.3) is 0 Å². The highest BCUT2D eigenvalue weighted by atomic mass is 19.1. The van der Waals surface area contributed by atoms with Crippen LogP contribution in [-0.4, -0.2) is 71.6 Å². The van der Waals surface area contributed by atoms with Gasteiger partial charge in [-0.25, -0.2) is 14.1 Å². The fraction of sp³-hybridized carbons (Fsp3) is 0.300. The Kier molecular flexibility index (Phi) is 8.56. The van der Waals surface area contributed by atoms with Crippen LogP contribution in [0.15, 0.2) is 67.0 Å². The van der Waals surface area contributed by atoms with E-state index in [4.69, 9.17) is 9.47 Å². The number of hydrogen-bond acceptors (Lipinski definition) is 8. The van der Waals surface area contributed by atoms with Crippen molar-refractivity contribution in [1.29, 1.82) is 0 Å². The average molecular weight is 544 g/mol. The summed E-state index contributed by atoms with van der Waals surface area (Å²) in [7, 11) is 3.21. The fourth-order valence-corrected chi connectivity index (χ4v) is 4.66. The summed E-state index contributed by atoms with van der Waals surface area (Å²) in [6, 6.07) is 14.6. The number of halogens is 1. The van der Waals surface area contributed by atoms with Crippen molar-refractivity contribution >= 4 is 17.7 Å². The van der Waals surface area contributed by atoms with Gasteiger partial charge in [0.15, 0.2) is 5.82 Å². The number of rotatable bonds is 10. The summed E-state index contributed by atoms with van der Waals surface area (Å²) in [6.45, 7) is 6.93. The van der Waals surface area contributed by atoms with Gasteiger partial charge in [0.1, 0.15) is 17.3 Å². The normalized spacial score (nSPS) is 14.1. The molecule has 0 atom stereocenters. The van der Waals surface area contributed by atoms with Gasteiger partial charge in [-0.3, -0.25) is 4.90 Å². The summed E-state index contributed by atoms with van der Waals surface area (Å²) in [5, 5.41) is 7.84. The smallest absolute Gasteiger partial charge is 0.224 e. The number of benzene rings is 2. The number of methoxy groups -OCH3 is 2. The molecule has 0 spiro atoms. The molecule has 0 bridgehead atoms. The highest BCUT2D eigenvalue weighted by Gasteiger charge is 2.18. The molecular weight excluding hydrogens is 509 g/mol. The van der Waals surface area contributed by atoms with Crippen LogP contribution in [0.2, 0.25) is 0 Å². The average Bonchev–Trinajstić information content (AvgIpc) is 3.36. The van der Waals surface area contributed by atoms with Gasteiger partial charge in [0.2, 0.25) is 5.95 Å². The highest BCUT2D eigenvalue weighted by molar-refractivity contribution is 5.53. The maximum absolute atomic E-state index is 13.9. The van der Waals surface area contributed by atoms with Crippen molar-refractivity contribution in [2.24, 2.45) is 0 Å². The van der Waals surface area contributed by atoms with Gasteiger partial charge in [-0.1, -0.05) is 24.3 Å². The monoisotopic (exact) mass is 543 g/mol. The third kappa shape index (κ3) is 6.58. The molecule has 0 saturated carbocycles. The highest BCUT2D eigenvalue weighted by Crippen LogP contribution is 2.24. The van der Waals surface area contributed by atoms with Crippen molar-refractivity contribution < 1.29 is 13.9 Å². The van der Waals surface area contributed by atoms with Gasteiger partial charge in [0.05, 0.1) is 26.1 Å². The van der Waals surface area contributed by atoms with Crippen LogP contribution in [0.5, 0.6) is 11.5 Å². The Balaban J connectivity index is 1.15. The van der Waals surface area contributed by atoms with Crippen LogP contribution >= 0.6 is 0 Å². The number of hydrogen-bond donors (Lipinski definition) is 1. The summed E-state index contributed by atoms with van der Waals surface area (Å²) in [5.41, 5.74) is 4.00. The van der Waals surface area contributed by atoms with Crippen LogP contribution in [-0.2, 0) is 6.54 Å². The molecule has 3 heterocycles. The zero-order valence-electron chi connectivity index (χ0n) is 23.0. The molecule has 40 heavy (non-hydrogen) atoms. The molecule has 1 aliphatic rings. The maximum Gasteiger partial charge on any atom is 0.224 e. The first-order valence-corrected chi connectivity index (χ1v) is 13.3. The second-order valence-corrected chi connectivity index (χ2v) is 9.58. The lowest BCUT2D eigenvalue weighted by atomic mass is 10.2. The molecule has 1 N–H and O–H groups in total. The second-order valence-electron chi connectivity index (χ2n) is 9.58. The summed E-state index contributed by atoms with van der Waals surface area (Å²) < 4.78 is 26.2. The van der Waals surface area contributed by atoms with Gasteiger partial charge >= 0.3 is 0 Å². The van der Waals surface area contributed by atoms with E-state index in [1.165, 1.54) is 6.07 Å². The van der Waals surface area contributed by atoms with Crippen molar-refractivity contribution in [2.45, 2.75) is 13.5 Å². The van der Waals surface area contributed by atoms with Crippen molar-refractivity contribution in [1.82, 2.24) is 24.6 Å². The van der Waals surface area contributed by atoms with Crippen LogP contribution in [0.4, 0.5) is 16.0 Å². The van der Waals surface area contributed by atoms with Gasteiger partial charge in [-0.05, 0) is 30.7 Å². The van der Waals surface area contributed by atoms with E-state index in [0.717, 1.165) is 61.0 Å². The number of anilines is 2. The lowest BCUT2D eigenvalue weighted by molar-refractivity contribution is 0.284. The minimum absolute atomic E-state index is 0.279. The summed E-state index contributed by atoms with van der Waals surface area (Å²) >= 11 is 0. The third-order valence-corrected chi connectivity index (χ3v) is 7.01. The largest absolute Gasteiger partial charge is 0.497 e. The molecule has 0 aliphatic carbocycles. The number of nitrogens with zero attached hydrogens (tertiary/aromatic N) is 6. The first-order chi connectivity index (χ1) is 19.5. The molecule has 5 rings (SSSR count). The van der Waals surface area contributed by atoms with Gasteiger partial charge in [0, 0.05) is 74.9 Å². The standard InChI is InChI=1S/C30H34FN7O2/c1-22-24(5-4-12-36-13-15-37(16-14-36)26-17-25(31)18-28(19-26)40-3)21-34-38(22)29-10-11-32-30(35-29)33-20-23-6-8-27(39-2)9-7-23/h4-11,17-19,21H,12-16,20H2,1-3H3,(H,32,33,35)/b5-4+. The van der Waals surface area contributed by atoms with Crippen LogP contribution in [0.25, 0.3) is 11.9 Å². The predicted octanol–water partition coefficient (Wildman–Crippen LogP) is 4.57. The quantitative estimate of drug-likeness (QED) is 0.312.